The highest BCUT2D eigenvalue weighted by atomic mass is 79.9. The summed E-state index contributed by atoms with van der Waals surface area (Å²) in [5.41, 5.74) is 2.90. The molecular formula is C11H11BrClN3. The third-order valence-corrected chi connectivity index (χ3v) is 3.59. The van der Waals surface area contributed by atoms with Gasteiger partial charge in [0.1, 0.15) is 5.69 Å². The predicted octanol–water partition coefficient (Wildman–Crippen LogP) is 3.64. The number of nitrogens with zero attached hydrogens (tertiary/aromatic N) is 3. The Morgan fingerprint density at radius 1 is 1.44 bits per heavy atom. The minimum Gasteiger partial charge on any atom is -0.219 e. The lowest BCUT2D eigenvalue weighted by molar-refractivity contribution is 0.793. The summed E-state index contributed by atoms with van der Waals surface area (Å²) in [5.74, 6) is 0. The van der Waals surface area contributed by atoms with E-state index in [9.17, 15) is 0 Å². The quantitative estimate of drug-likeness (QED) is 0.793. The summed E-state index contributed by atoms with van der Waals surface area (Å²) in [6, 6.07) is 6.00. The lowest BCUT2D eigenvalue weighted by Crippen LogP contribution is -1.97. The Hall–Kier alpha value is -0.870. The maximum absolute atomic E-state index is 5.95. The van der Waals surface area contributed by atoms with Crippen molar-refractivity contribution >= 4 is 27.5 Å². The molecule has 0 aliphatic rings. The van der Waals surface area contributed by atoms with Crippen LogP contribution >= 0.6 is 27.5 Å². The van der Waals surface area contributed by atoms with Crippen LogP contribution in [0.25, 0.3) is 5.69 Å². The van der Waals surface area contributed by atoms with Crippen molar-refractivity contribution in [1.29, 1.82) is 0 Å². The van der Waals surface area contributed by atoms with Crippen LogP contribution in [0.15, 0.2) is 28.9 Å². The van der Waals surface area contributed by atoms with E-state index in [4.69, 9.17) is 11.6 Å². The number of halogens is 2. The zero-order valence-electron chi connectivity index (χ0n) is 8.98. The first-order valence-electron chi connectivity index (χ1n) is 4.91. The molecule has 0 bridgehead atoms. The van der Waals surface area contributed by atoms with Gasteiger partial charge in [-0.15, -0.1) is 16.7 Å². The van der Waals surface area contributed by atoms with Gasteiger partial charge in [0.2, 0.25) is 0 Å². The average Bonchev–Trinajstić information content (AvgIpc) is 2.71. The molecule has 1 heterocycles. The first-order valence-corrected chi connectivity index (χ1v) is 6.14. The molecule has 5 heteroatoms. The van der Waals surface area contributed by atoms with Crippen molar-refractivity contribution in [3.63, 3.8) is 0 Å². The summed E-state index contributed by atoms with van der Waals surface area (Å²) in [5, 5.41) is 7.96. The summed E-state index contributed by atoms with van der Waals surface area (Å²) in [6.07, 6.45) is 1.84. The van der Waals surface area contributed by atoms with Gasteiger partial charge in [-0.2, -0.15) is 0 Å². The van der Waals surface area contributed by atoms with Crippen molar-refractivity contribution in [2.75, 3.05) is 0 Å². The number of rotatable bonds is 2. The number of aromatic nitrogens is 3. The molecule has 1 aromatic carbocycles. The molecule has 3 nitrogen and oxygen atoms in total. The Morgan fingerprint density at radius 2 is 2.19 bits per heavy atom. The molecule has 2 rings (SSSR count). The summed E-state index contributed by atoms with van der Waals surface area (Å²) in [6.45, 7) is 3.91. The predicted molar refractivity (Wildman–Crippen MR) is 68.1 cm³/mol. The molecule has 0 aliphatic heterocycles. The molecule has 0 spiro atoms. The molecule has 0 radical (unpaired) electrons. The van der Waals surface area contributed by atoms with Gasteiger partial charge in [-0.05, 0) is 41.4 Å². The third kappa shape index (κ3) is 2.13. The van der Waals surface area contributed by atoms with Crippen molar-refractivity contribution in [1.82, 2.24) is 15.0 Å². The fourth-order valence-electron chi connectivity index (χ4n) is 1.39. The summed E-state index contributed by atoms with van der Waals surface area (Å²) >= 11 is 9.49. The second-order valence-corrected chi connectivity index (χ2v) is 5.06. The van der Waals surface area contributed by atoms with E-state index in [0.717, 1.165) is 21.4 Å². The van der Waals surface area contributed by atoms with Crippen LogP contribution in [-0.2, 0) is 0 Å². The van der Waals surface area contributed by atoms with E-state index in [1.54, 1.807) is 4.68 Å². The lowest BCUT2D eigenvalue weighted by Gasteiger charge is -2.05. The van der Waals surface area contributed by atoms with E-state index >= 15 is 0 Å². The van der Waals surface area contributed by atoms with Crippen LogP contribution in [0.3, 0.4) is 0 Å². The standard InChI is InChI=1S/C11H11BrClN3/c1-7-4-3-5-10(11(7)12)16-6-9(8(2)13)14-15-16/h3-6,8H,1-2H3. The van der Waals surface area contributed by atoms with Crippen LogP contribution in [0.1, 0.15) is 23.6 Å². The van der Waals surface area contributed by atoms with E-state index in [-0.39, 0.29) is 5.38 Å². The molecule has 1 aromatic heterocycles. The zero-order valence-corrected chi connectivity index (χ0v) is 11.3. The minimum atomic E-state index is -0.127. The monoisotopic (exact) mass is 299 g/mol. The Morgan fingerprint density at radius 3 is 2.81 bits per heavy atom. The molecule has 0 saturated carbocycles. The van der Waals surface area contributed by atoms with E-state index in [1.807, 2.05) is 38.2 Å². The van der Waals surface area contributed by atoms with Crippen molar-refractivity contribution in [3.8, 4) is 5.69 Å². The SMILES string of the molecule is Cc1cccc(-n2cc(C(C)Cl)nn2)c1Br. The van der Waals surface area contributed by atoms with E-state index in [0.29, 0.717) is 0 Å². The highest BCUT2D eigenvalue weighted by molar-refractivity contribution is 9.10. The van der Waals surface area contributed by atoms with Crippen LogP contribution in [0, 0.1) is 6.92 Å². The van der Waals surface area contributed by atoms with Gasteiger partial charge in [-0.3, -0.25) is 0 Å². The second-order valence-electron chi connectivity index (χ2n) is 3.61. The van der Waals surface area contributed by atoms with E-state index < -0.39 is 0 Å². The van der Waals surface area contributed by atoms with Gasteiger partial charge in [-0.1, -0.05) is 17.3 Å². The lowest BCUT2D eigenvalue weighted by atomic mass is 10.2. The van der Waals surface area contributed by atoms with Crippen LogP contribution in [0.5, 0.6) is 0 Å². The fraction of sp³-hybridized carbons (Fsp3) is 0.273. The zero-order chi connectivity index (χ0) is 11.7. The van der Waals surface area contributed by atoms with Crippen LogP contribution in [0.2, 0.25) is 0 Å². The summed E-state index contributed by atoms with van der Waals surface area (Å²) in [4.78, 5) is 0. The van der Waals surface area contributed by atoms with Gasteiger partial charge in [0.05, 0.1) is 17.3 Å². The largest absolute Gasteiger partial charge is 0.219 e. The number of hydrogen-bond acceptors (Lipinski definition) is 2. The minimum absolute atomic E-state index is 0.127. The molecule has 0 N–H and O–H groups in total. The first kappa shape index (κ1) is 11.6. The maximum Gasteiger partial charge on any atom is 0.101 e. The van der Waals surface area contributed by atoms with Gasteiger partial charge in [0.25, 0.3) is 0 Å². The maximum atomic E-state index is 5.95. The molecule has 2 aromatic rings. The summed E-state index contributed by atoms with van der Waals surface area (Å²) < 4.78 is 2.75. The molecule has 0 amide bonds. The van der Waals surface area contributed by atoms with Gasteiger partial charge in [0, 0.05) is 4.47 Å². The van der Waals surface area contributed by atoms with Crippen molar-refractivity contribution in [2.45, 2.75) is 19.2 Å². The Balaban J connectivity index is 2.47. The molecule has 1 unspecified atom stereocenters. The first-order chi connectivity index (χ1) is 7.59. The normalized spacial score (nSPS) is 12.8. The fourth-order valence-corrected chi connectivity index (χ4v) is 1.93. The number of benzene rings is 1. The Kier molecular flexibility index (Phi) is 3.30. The summed E-state index contributed by atoms with van der Waals surface area (Å²) in [7, 11) is 0. The van der Waals surface area contributed by atoms with E-state index in [1.165, 1.54) is 0 Å². The topological polar surface area (TPSA) is 30.7 Å². The third-order valence-electron chi connectivity index (χ3n) is 2.34. The van der Waals surface area contributed by atoms with Crippen LogP contribution < -0.4 is 0 Å². The molecule has 1 atom stereocenters. The van der Waals surface area contributed by atoms with Crippen molar-refractivity contribution < 1.29 is 0 Å². The Bertz CT molecular complexity index is 508. The van der Waals surface area contributed by atoms with Crippen LogP contribution in [-0.4, -0.2) is 15.0 Å². The van der Waals surface area contributed by atoms with E-state index in [2.05, 4.69) is 26.2 Å². The van der Waals surface area contributed by atoms with Crippen LogP contribution in [0.4, 0.5) is 0 Å². The van der Waals surface area contributed by atoms with Crippen molar-refractivity contribution in [2.24, 2.45) is 0 Å². The molecule has 0 fully saturated rings. The second kappa shape index (κ2) is 4.55. The smallest absolute Gasteiger partial charge is 0.101 e. The van der Waals surface area contributed by atoms with Gasteiger partial charge < -0.3 is 0 Å². The molecular weight excluding hydrogens is 289 g/mol. The highest BCUT2D eigenvalue weighted by Crippen LogP contribution is 2.25. The molecule has 0 saturated heterocycles. The highest BCUT2D eigenvalue weighted by Gasteiger charge is 2.10. The number of hydrogen-bond donors (Lipinski definition) is 0. The molecule has 84 valence electrons. The van der Waals surface area contributed by atoms with Gasteiger partial charge in [-0.25, -0.2) is 4.68 Å². The number of alkyl halides is 1. The van der Waals surface area contributed by atoms with Gasteiger partial charge >= 0.3 is 0 Å². The average molecular weight is 301 g/mol. The number of aryl methyl sites for hydroxylation is 1. The van der Waals surface area contributed by atoms with Gasteiger partial charge in [0.15, 0.2) is 0 Å². The Labute approximate surface area is 108 Å². The molecule has 0 aliphatic carbocycles. The molecule has 16 heavy (non-hydrogen) atoms. The van der Waals surface area contributed by atoms with Crippen molar-refractivity contribution in [3.05, 3.63) is 40.1 Å².